The number of hydrogen-bond donors (Lipinski definition) is 1. The molecule has 1 aliphatic rings. The van der Waals surface area contributed by atoms with Gasteiger partial charge in [-0.1, -0.05) is 23.7 Å². The van der Waals surface area contributed by atoms with Crippen LogP contribution in [-0.4, -0.2) is 16.1 Å². The molecule has 98 valence electrons. The minimum atomic E-state index is -1.08. The van der Waals surface area contributed by atoms with Crippen molar-refractivity contribution in [3.05, 3.63) is 40.2 Å². The molecule has 19 heavy (non-hydrogen) atoms. The van der Waals surface area contributed by atoms with Crippen LogP contribution in [0.4, 0.5) is 0 Å². The summed E-state index contributed by atoms with van der Waals surface area (Å²) in [7, 11) is 0. The van der Waals surface area contributed by atoms with E-state index in [9.17, 15) is 4.79 Å². The van der Waals surface area contributed by atoms with Crippen molar-refractivity contribution in [1.29, 1.82) is 0 Å². The molecule has 0 saturated heterocycles. The second kappa shape index (κ2) is 4.38. The molecule has 1 saturated carbocycles. The third kappa shape index (κ3) is 2.12. The topological polar surface area (TPSA) is 63.3 Å². The van der Waals surface area contributed by atoms with Gasteiger partial charge in [0.15, 0.2) is 0 Å². The maximum Gasteiger partial charge on any atom is 0.373 e. The quantitative estimate of drug-likeness (QED) is 0.925. The Morgan fingerprint density at radius 3 is 2.84 bits per heavy atom. The zero-order valence-corrected chi connectivity index (χ0v) is 11.1. The average Bonchev–Trinajstić information content (AvgIpc) is 3.12. The number of nitrogens with zero attached hydrogens (tertiary/aromatic N) is 1. The van der Waals surface area contributed by atoms with Gasteiger partial charge in [0.05, 0.1) is 16.3 Å². The first-order valence-electron chi connectivity index (χ1n) is 6.07. The Balaban J connectivity index is 2.13. The van der Waals surface area contributed by atoms with Gasteiger partial charge in [0, 0.05) is 5.92 Å². The van der Waals surface area contributed by atoms with Crippen LogP contribution in [0.5, 0.6) is 0 Å². The van der Waals surface area contributed by atoms with E-state index in [2.05, 4.69) is 4.98 Å². The number of carboxylic acids is 1. The molecule has 1 aliphatic carbocycles. The molecule has 1 aromatic heterocycles. The van der Waals surface area contributed by atoms with Crippen LogP contribution in [0.15, 0.2) is 22.6 Å². The number of benzene rings is 1. The summed E-state index contributed by atoms with van der Waals surface area (Å²) in [6, 6.07) is 5.51. The van der Waals surface area contributed by atoms with E-state index in [0.29, 0.717) is 16.3 Å². The molecule has 0 radical (unpaired) electrons. The predicted octanol–water partition coefficient (Wildman–Crippen LogP) is 3.88. The summed E-state index contributed by atoms with van der Waals surface area (Å²) in [4.78, 5) is 15.5. The first kappa shape index (κ1) is 12.2. The summed E-state index contributed by atoms with van der Waals surface area (Å²) in [5.74, 6) is -0.639. The Bertz CT molecular complexity index is 659. The Labute approximate surface area is 115 Å². The lowest BCUT2D eigenvalue weighted by atomic mass is 10.1. The Hall–Kier alpha value is -1.81. The third-order valence-corrected chi connectivity index (χ3v) is 3.74. The van der Waals surface area contributed by atoms with Gasteiger partial charge in [0.25, 0.3) is 0 Å². The SMILES string of the molecule is Cc1cccc(-c2nc(C3CC3)c(C(=O)O)o2)c1Cl. The summed E-state index contributed by atoms with van der Waals surface area (Å²) in [6.07, 6.45) is 1.93. The number of oxazole rings is 1. The molecule has 1 aromatic carbocycles. The highest BCUT2D eigenvalue weighted by Crippen LogP contribution is 2.43. The highest BCUT2D eigenvalue weighted by atomic mass is 35.5. The molecule has 4 nitrogen and oxygen atoms in total. The van der Waals surface area contributed by atoms with Gasteiger partial charge in [-0.05, 0) is 31.4 Å². The molecule has 2 aromatic rings. The molecule has 0 unspecified atom stereocenters. The van der Waals surface area contributed by atoms with Crippen LogP contribution in [0.2, 0.25) is 5.02 Å². The minimum absolute atomic E-state index is 0.0601. The van der Waals surface area contributed by atoms with Crippen LogP contribution in [0, 0.1) is 6.92 Å². The van der Waals surface area contributed by atoms with Crippen molar-refractivity contribution >= 4 is 17.6 Å². The molecule has 1 N–H and O–H groups in total. The number of aromatic carboxylic acids is 1. The number of rotatable bonds is 3. The summed E-state index contributed by atoms with van der Waals surface area (Å²) in [5, 5.41) is 9.70. The molecular weight excluding hydrogens is 266 g/mol. The smallest absolute Gasteiger partial charge is 0.373 e. The number of aryl methyl sites for hydroxylation is 1. The Kier molecular flexibility index (Phi) is 2.82. The zero-order chi connectivity index (χ0) is 13.6. The standard InChI is InChI=1S/C14H12ClNO3/c1-7-3-2-4-9(10(7)15)13-16-11(8-5-6-8)12(19-13)14(17)18/h2-4,8H,5-6H2,1H3,(H,17,18). The lowest BCUT2D eigenvalue weighted by Gasteiger charge is -2.01. The number of carbonyl (C=O) groups is 1. The summed E-state index contributed by atoms with van der Waals surface area (Å²) in [6.45, 7) is 1.88. The van der Waals surface area contributed by atoms with E-state index >= 15 is 0 Å². The fraction of sp³-hybridized carbons (Fsp3) is 0.286. The van der Waals surface area contributed by atoms with Crippen LogP contribution in [-0.2, 0) is 0 Å². The van der Waals surface area contributed by atoms with Crippen LogP contribution in [0.3, 0.4) is 0 Å². The fourth-order valence-corrected chi connectivity index (χ4v) is 2.25. The van der Waals surface area contributed by atoms with Gasteiger partial charge >= 0.3 is 5.97 Å². The number of hydrogen-bond acceptors (Lipinski definition) is 3. The van der Waals surface area contributed by atoms with Crippen LogP contribution >= 0.6 is 11.6 Å². The van der Waals surface area contributed by atoms with Crippen molar-refractivity contribution in [2.45, 2.75) is 25.7 Å². The first-order chi connectivity index (χ1) is 9.08. The van der Waals surface area contributed by atoms with Gasteiger partial charge < -0.3 is 9.52 Å². The summed E-state index contributed by atoms with van der Waals surface area (Å²) in [5.41, 5.74) is 2.08. The van der Waals surface area contributed by atoms with Crippen molar-refractivity contribution < 1.29 is 14.3 Å². The number of halogens is 1. The van der Waals surface area contributed by atoms with Gasteiger partial charge in [-0.3, -0.25) is 0 Å². The lowest BCUT2D eigenvalue weighted by Crippen LogP contribution is -1.98. The van der Waals surface area contributed by atoms with E-state index in [1.165, 1.54) is 0 Å². The summed E-state index contributed by atoms with van der Waals surface area (Å²) >= 11 is 6.22. The van der Waals surface area contributed by atoms with Crippen molar-refractivity contribution in [1.82, 2.24) is 4.98 Å². The average molecular weight is 278 g/mol. The zero-order valence-electron chi connectivity index (χ0n) is 10.3. The van der Waals surface area contributed by atoms with Gasteiger partial charge in [-0.25, -0.2) is 9.78 Å². The molecule has 0 bridgehead atoms. The molecule has 1 heterocycles. The highest BCUT2D eigenvalue weighted by molar-refractivity contribution is 6.33. The van der Waals surface area contributed by atoms with Crippen LogP contribution in [0.1, 0.15) is 40.6 Å². The van der Waals surface area contributed by atoms with Gasteiger partial charge in [0.1, 0.15) is 0 Å². The van der Waals surface area contributed by atoms with Crippen molar-refractivity contribution in [2.24, 2.45) is 0 Å². The van der Waals surface area contributed by atoms with Crippen LogP contribution in [0.25, 0.3) is 11.5 Å². The minimum Gasteiger partial charge on any atom is -0.475 e. The lowest BCUT2D eigenvalue weighted by molar-refractivity contribution is 0.0661. The van der Waals surface area contributed by atoms with Crippen molar-refractivity contribution in [2.75, 3.05) is 0 Å². The molecule has 5 heteroatoms. The summed E-state index contributed by atoms with van der Waals surface area (Å²) < 4.78 is 5.40. The van der Waals surface area contributed by atoms with E-state index in [-0.39, 0.29) is 17.6 Å². The normalized spacial score (nSPS) is 14.6. The van der Waals surface area contributed by atoms with E-state index in [1.54, 1.807) is 6.07 Å². The molecule has 3 rings (SSSR count). The molecular formula is C14H12ClNO3. The molecule has 0 aliphatic heterocycles. The van der Waals surface area contributed by atoms with Crippen molar-refractivity contribution in [3.8, 4) is 11.5 Å². The molecule has 1 fully saturated rings. The molecule has 0 spiro atoms. The third-order valence-electron chi connectivity index (χ3n) is 3.23. The van der Waals surface area contributed by atoms with E-state index in [0.717, 1.165) is 18.4 Å². The second-order valence-electron chi connectivity index (χ2n) is 4.75. The van der Waals surface area contributed by atoms with Gasteiger partial charge in [0.2, 0.25) is 11.7 Å². The van der Waals surface area contributed by atoms with Gasteiger partial charge in [-0.15, -0.1) is 0 Å². The fourth-order valence-electron chi connectivity index (χ4n) is 2.05. The number of aromatic nitrogens is 1. The van der Waals surface area contributed by atoms with Crippen LogP contribution < -0.4 is 0 Å². The monoisotopic (exact) mass is 277 g/mol. The van der Waals surface area contributed by atoms with E-state index in [4.69, 9.17) is 21.1 Å². The van der Waals surface area contributed by atoms with Crippen molar-refractivity contribution in [3.63, 3.8) is 0 Å². The number of carboxylic acid groups (broad SMARTS) is 1. The van der Waals surface area contributed by atoms with E-state index in [1.807, 2.05) is 19.1 Å². The maximum atomic E-state index is 11.2. The maximum absolute atomic E-state index is 11.2. The second-order valence-corrected chi connectivity index (χ2v) is 5.13. The molecule has 0 amide bonds. The van der Waals surface area contributed by atoms with Gasteiger partial charge in [-0.2, -0.15) is 0 Å². The Morgan fingerprint density at radius 2 is 2.21 bits per heavy atom. The Morgan fingerprint density at radius 1 is 1.47 bits per heavy atom. The first-order valence-corrected chi connectivity index (χ1v) is 6.45. The molecule has 0 atom stereocenters. The highest BCUT2D eigenvalue weighted by Gasteiger charge is 2.34. The predicted molar refractivity (Wildman–Crippen MR) is 70.6 cm³/mol. The van der Waals surface area contributed by atoms with E-state index < -0.39 is 5.97 Å². The largest absolute Gasteiger partial charge is 0.475 e.